The van der Waals surface area contributed by atoms with Gasteiger partial charge in [-0.15, -0.1) is 10.2 Å². The molecule has 0 saturated heterocycles. The summed E-state index contributed by atoms with van der Waals surface area (Å²) in [6.07, 6.45) is 0. The van der Waals surface area contributed by atoms with Gasteiger partial charge >= 0.3 is 0 Å². The molecule has 7 aromatic rings. The lowest BCUT2D eigenvalue weighted by Crippen LogP contribution is -2.07. The van der Waals surface area contributed by atoms with Crippen molar-refractivity contribution in [3.8, 4) is 17.2 Å². The van der Waals surface area contributed by atoms with Gasteiger partial charge in [-0.1, -0.05) is 90.2 Å². The van der Waals surface area contributed by atoms with Gasteiger partial charge in [0.2, 0.25) is 0 Å². The summed E-state index contributed by atoms with van der Waals surface area (Å²) in [7, 11) is -8.48. The van der Waals surface area contributed by atoms with Crippen LogP contribution >= 0.6 is 11.3 Å². The van der Waals surface area contributed by atoms with E-state index in [1.165, 1.54) is 23.5 Å². The lowest BCUT2D eigenvalue weighted by atomic mass is 10.00. The summed E-state index contributed by atoms with van der Waals surface area (Å²) >= 11 is 1.18. The van der Waals surface area contributed by atoms with E-state index in [-0.39, 0.29) is 15.4 Å². The third-order valence-electron chi connectivity index (χ3n) is 8.00. The molecule has 0 unspecified atom stereocenters. The zero-order chi connectivity index (χ0) is 33.6. The van der Waals surface area contributed by atoms with Crippen molar-refractivity contribution in [3.63, 3.8) is 0 Å². The molecule has 0 atom stereocenters. The number of hydrogen-bond donors (Lipinski definition) is 2. The molecule has 0 saturated carbocycles. The molecular weight excluding hydrogens is 665 g/mol. The first-order chi connectivity index (χ1) is 23.0. The summed E-state index contributed by atoms with van der Waals surface area (Å²) in [5.74, 6) is -0.466. The number of nitrogens with zero attached hydrogens (tertiary/aromatic N) is 3. The van der Waals surface area contributed by atoms with Gasteiger partial charge in [-0.3, -0.25) is 4.55 Å². The van der Waals surface area contributed by atoms with Gasteiger partial charge in [0.1, 0.15) is 21.0 Å². The molecule has 0 spiro atoms. The van der Waals surface area contributed by atoms with Crippen LogP contribution in [0.25, 0.3) is 43.4 Å². The summed E-state index contributed by atoms with van der Waals surface area (Å²) in [6, 6.07) is 35.3. The van der Waals surface area contributed by atoms with Gasteiger partial charge in [0.05, 0.1) is 21.9 Å². The Hall–Kier alpha value is -5.45. The summed E-state index contributed by atoms with van der Waals surface area (Å²) in [5.41, 5.74) is 8.70. The Morgan fingerprint density at radius 3 is 2.17 bits per heavy atom. The number of nitriles is 1. The highest BCUT2D eigenvalue weighted by molar-refractivity contribution is 7.90. The lowest BCUT2D eigenvalue weighted by molar-refractivity contribution is 0.484. The topological polar surface area (TPSA) is 163 Å². The lowest BCUT2D eigenvalue weighted by Gasteiger charge is -2.10. The molecule has 3 N–H and O–H groups in total. The molecule has 0 radical (unpaired) electrons. The van der Waals surface area contributed by atoms with Crippen LogP contribution < -0.4 is 5.73 Å². The molecular formula is C36H24N4O5S3. The van der Waals surface area contributed by atoms with Gasteiger partial charge in [-0.2, -0.15) is 13.7 Å². The van der Waals surface area contributed by atoms with Gasteiger partial charge in [0.25, 0.3) is 10.1 Å². The number of azo groups is 1. The number of fused-ring (bicyclic) bond motifs is 3. The van der Waals surface area contributed by atoms with Gasteiger partial charge < -0.3 is 5.73 Å². The molecule has 1 heterocycles. The van der Waals surface area contributed by atoms with Crippen molar-refractivity contribution in [2.75, 3.05) is 5.73 Å². The zero-order valence-corrected chi connectivity index (χ0v) is 27.4. The maximum absolute atomic E-state index is 13.5. The molecule has 236 valence electrons. The normalized spacial score (nSPS) is 12.2. The third kappa shape index (κ3) is 5.92. The average molecular weight is 689 g/mol. The standard InChI is InChI=1S/C36H24N4O5S3/c37-20-32-34(28-10-9-23-5-1-2-6-24(23)17-28)36(46-35(32)38)40-39-29-13-11-26-19-30(14-12-25(26)18-29)47(41,42)21-22-15-27-7-3-4-8-31(27)33(16-22)48(43,44)45/h1-19H,21,38H2,(H,43,44,45). The number of anilines is 1. The highest BCUT2D eigenvalue weighted by Crippen LogP contribution is 2.45. The Morgan fingerprint density at radius 2 is 1.40 bits per heavy atom. The van der Waals surface area contributed by atoms with E-state index in [0.717, 1.165) is 21.7 Å². The van der Waals surface area contributed by atoms with Gasteiger partial charge in [-0.25, -0.2) is 8.42 Å². The first-order valence-corrected chi connectivity index (χ1v) is 18.4. The fourth-order valence-corrected chi connectivity index (χ4v) is 8.71. The van der Waals surface area contributed by atoms with E-state index in [9.17, 15) is 26.7 Å². The fraction of sp³-hybridized carbons (Fsp3) is 0.0278. The molecule has 0 amide bonds. The Bertz CT molecular complexity index is 2730. The number of sulfone groups is 1. The first-order valence-electron chi connectivity index (χ1n) is 14.5. The van der Waals surface area contributed by atoms with E-state index in [0.29, 0.717) is 43.0 Å². The van der Waals surface area contributed by atoms with Gasteiger partial charge in [-0.05, 0) is 74.5 Å². The number of nitrogen functional groups attached to an aromatic ring is 1. The van der Waals surface area contributed by atoms with Crippen LogP contribution in [0.1, 0.15) is 11.1 Å². The van der Waals surface area contributed by atoms with Crippen LogP contribution in [0.15, 0.2) is 135 Å². The van der Waals surface area contributed by atoms with Crippen molar-refractivity contribution < 1.29 is 21.4 Å². The van der Waals surface area contributed by atoms with Crippen molar-refractivity contribution >= 4 is 79.3 Å². The van der Waals surface area contributed by atoms with Crippen LogP contribution in [0.5, 0.6) is 0 Å². The minimum atomic E-state index is -4.59. The molecule has 0 aliphatic carbocycles. The monoisotopic (exact) mass is 688 g/mol. The molecule has 12 heteroatoms. The van der Waals surface area contributed by atoms with Crippen LogP contribution in [0, 0.1) is 11.3 Å². The summed E-state index contributed by atoms with van der Waals surface area (Å²) in [6.45, 7) is 0. The zero-order valence-electron chi connectivity index (χ0n) is 24.9. The maximum atomic E-state index is 13.5. The molecule has 48 heavy (non-hydrogen) atoms. The maximum Gasteiger partial charge on any atom is 0.295 e. The van der Waals surface area contributed by atoms with E-state index in [2.05, 4.69) is 16.3 Å². The van der Waals surface area contributed by atoms with E-state index >= 15 is 0 Å². The molecule has 0 fully saturated rings. The number of hydrogen-bond acceptors (Lipinski definition) is 9. The van der Waals surface area contributed by atoms with Gasteiger partial charge in [0.15, 0.2) is 9.84 Å². The van der Waals surface area contributed by atoms with Crippen LogP contribution in [-0.2, 0) is 25.7 Å². The predicted molar refractivity (Wildman–Crippen MR) is 189 cm³/mol. The van der Waals surface area contributed by atoms with E-state index < -0.39 is 25.7 Å². The number of rotatable bonds is 7. The van der Waals surface area contributed by atoms with Crippen LogP contribution in [0.3, 0.4) is 0 Å². The fourth-order valence-electron chi connectivity index (χ4n) is 5.73. The first kappa shape index (κ1) is 31.2. The van der Waals surface area contributed by atoms with E-state index in [4.69, 9.17) is 5.73 Å². The second kappa shape index (κ2) is 12.0. The molecule has 0 aliphatic rings. The van der Waals surface area contributed by atoms with Crippen LogP contribution in [0.2, 0.25) is 0 Å². The Balaban J connectivity index is 1.19. The summed E-state index contributed by atoms with van der Waals surface area (Å²) < 4.78 is 60.8. The Morgan fingerprint density at radius 1 is 0.729 bits per heavy atom. The van der Waals surface area contributed by atoms with E-state index in [1.54, 1.807) is 60.7 Å². The quantitative estimate of drug-likeness (QED) is 0.125. The second-order valence-electron chi connectivity index (χ2n) is 11.1. The summed E-state index contributed by atoms with van der Waals surface area (Å²) in [5, 5.41) is 23.9. The Kier molecular flexibility index (Phi) is 7.77. The minimum Gasteiger partial charge on any atom is -0.389 e. The highest BCUT2D eigenvalue weighted by Gasteiger charge is 2.21. The number of thiophene rings is 1. The van der Waals surface area contributed by atoms with Gasteiger partial charge in [0, 0.05) is 10.9 Å². The third-order valence-corrected chi connectivity index (χ3v) is 11.5. The van der Waals surface area contributed by atoms with Crippen molar-refractivity contribution in [2.24, 2.45) is 10.2 Å². The smallest absolute Gasteiger partial charge is 0.295 e. The van der Waals surface area contributed by atoms with Crippen molar-refractivity contribution in [3.05, 3.63) is 126 Å². The summed E-state index contributed by atoms with van der Waals surface area (Å²) in [4.78, 5) is -0.284. The van der Waals surface area contributed by atoms with Crippen LogP contribution in [0.4, 0.5) is 15.7 Å². The minimum absolute atomic E-state index is 0.0593. The second-order valence-corrected chi connectivity index (χ2v) is 15.5. The number of benzene rings is 6. The highest BCUT2D eigenvalue weighted by atomic mass is 32.2. The molecule has 7 rings (SSSR count). The average Bonchev–Trinajstić information content (AvgIpc) is 3.40. The van der Waals surface area contributed by atoms with Crippen molar-refractivity contribution in [1.29, 1.82) is 5.26 Å². The largest absolute Gasteiger partial charge is 0.389 e. The molecule has 1 aromatic heterocycles. The Labute approximate surface area is 279 Å². The molecule has 6 aromatic carbocycles. The predicted octanol–water partition coefficient (Wildman–Crippen LogP) is 8.96. The SMILES string of the molecule is N#Cc1c(N)sc(N=Nc2ccc3cc(S(=O)(=O)Cc4cc(S(=O)(=O)O)c5ccccc5c4)ccc3c2)c1-c1ccc2ccccc2c1. The van der Waals surface area contributed by atoms with E-state index in [1.807, 2.05) is 42.5 Å². The van der Waals surface area contributed by atoms with Crippen molar-refractivity contribution in [1.82, 2.24) is 0 Å². The molecule has 0 aliphatic heterocycles. The molecule has 0 bridgehead atoms. The van der Waals surface area contributed by atoms with Crippen molar-refractivity contribution in [2.45, 2.75) is 15.5 Å². The molecule has 9 nitrogen and oxygen atoms in total. The van der Waals surface area contributed by atoms with Crippen LogP contribution in [-0.4, -0.2) is 21.4 Å². The number of nitrogens with two attached hydrogens (primary N) is 1.